The van der Waals surface area contributed by atoms with Crippen molar-refractivity contribution in [2.75, 3.05) is 26.0 Å². The Balaban J connectivity index is 2.13. The summed E-state index contributed by atoms with van der Waals surface area (Å²) in [6.07, 6.45) is 0.999. The third kappa shape index (κ3) is 5.50. The van der Waals surface area contributed by atoms with Crippen LogP contribution in [0, 0.1) is 17.0 Å². The Hall–Kier alpha value is -4.02. The fraction of sp³-hybridized carbons (Fsp3) is 0.263. The Labute approximate surface area is 171 Å². The third-order valence-electron chi connectivity index (χ3n) is 4.13. The van der Waals surface area contributed by atoms with Crippen LogP contribution < -0.4 is 10.9 Å². The lowest BCUT2D eigenvalue weighted by Crippen LogP contribution is -2.39. The number of pyridine rings is 1. The quantitative estimate of drug-likeness (QED) is 0.402. The maximum atomic E-state index is 12.4. The molecule has 0 atom stereocenters. The van der Waals surface area contributed by atoms with Gasteiger partial charge in [-0.15, -0.1) is 0 Å². The number of aromatic nitrogens is 1. The number of rotatable bonds is 7. The van der Waals surface area contributed by atoms with Crippen LogP contribution in [0.4, 0.5) is 11.4 Å². The molecule has 11 nitrogen and oxygen atoms in total. The van der Waals surface area contributed by atoms with Crippen molar-refractivity contribution in [1.82, 2.24) is 9.47 Å². The predicted octanol–water partition coefficient (Wildman–Crippen LogP) is 0.949. The number of nitrogens with zero attached hydrogens (tertiary/aromatic N) is 3. The number of ether oxygens (including phenoxy) is 1. The summed E-state index contributed by atoms with van der Waals surface area (Å²) >= 11 is 0. The lowest BCUT2D eigenvalue weighted by atomic mass is 10.2. The van der Waals surface area contributed by atoms with E-state index >= 15 is 0 Å². The molecule has 0 aliphatic heterocycles. The number of likely N-dealkylation sites (N-methyl/N-ethyl adjacent to an activating group) is 1. The highest BCUT2D eigenvalue weighted by atomic mass is 16.6. The first-order chi connectivity index (χ1) is 14.1. The number of carbonyl (C=O) groups is 3. The van der Waals surface area contributed by atoms with Gasteiger partial charge in [-0.25, -0.2) is 4.79 Å². The predicted molar refractivity (Wildman–Crippen MR) is 106 cm³/mol. The lowest BCUT2D eigenvalue weighted by Gasteiger charge is -2.17. The van der Waals surface area contributed by atoms with Crippen molar-refractivity contribution in [2.24, 2.45) is 0 Å². The first-order valence-corrected chi connectivity index (χ1v) is 8.70. The summed E-state index contributed by atoms with van der Waals surface area (Å²) in [5.41, 5.74) is -0.599. The number of esters is 1. The molecule has 0 spiro atoms. The first kappa shape index (κ1) is 22.3. The number of anilines is 1. The molecule has 0 aliphatic rings. The average Bonchev–Trinajstić information content (AvgIpc) is 2.70. The minimum absolute atomic E-state index is 0.253. The zero-order valence-corrected chi connectivity index (χ0v) is 16.6. The maximum Gasteiger partial charge on any atom is 0.339 e. The van der Waals surface area contributed by atoms with Crippen LogP contribution in [0.5, 0.6) is 0 Å². The lowest BCUT2D eigenvalue weighted by molar-refractivity contribution is -0.386. The first-order valence-electron chi connectivity index (χ1n) is 8.70. The molecule has 30 heavy (non-hydrogen) atoms. The second-order valence-electron chi connectivity index (χ2n) is 6.46. The van der Waals surface area contributed by atoms with E-state index in [4.69, 9.17) is 0 Å². The summed E-state index contributed by atoms with van der Waals surface area (Å²) in [6.45, 7) is 0.999. The number of hydrogen-bond acceptors (Lipinski definition) is 7. The van der Waals surface area contributed by atoms with Crippen LogP contribution in [-0.4, -0.2) is 52.9 Å². The topological polar surface area (TPSA) is 141 Å². The number of carbonyl (C=O) groups excluding carboxylic acids is 3. The highest BCUT2D eigenvalue weighted by Gasteiger charge is 2.22. The number of benzene rings is 1. The summed E-state index contributed by atoms with van der Waals surface area (Å²) in [5.74, 6) is -2.02. The molecule has 11 heteroatoms. The molecule has 0 saturated carbocycles. The molecule has 1 aromatic carbocycles. The summed E-state index contributed by atoms with van der Waals surface area (Å²) in [7, 11) is 2.43. The molecule has 0 bridgehead atoms. The van der Waals surface area contributed by atoms with Crippen molar-refractivity contribution in [2.45, 2.75) is 13.5 Å². The molecule has 0 radical (unpaired) electrons. The van der Waals surface area contributed by atoms with Crippen molar-refractivity contribution in [3.05, 3.63) is 68.1 Å². The minimum atomic E-state index is -1.06. The van der Waals surface area contributed by atoms with E-state index in [-0.39, 0.29) is 12.1 Å². The van der Waals surface area contributed by atoms with Crippen LogP contribution in [0.25, 0.3) is 0 Å². The van der Waals surface area contributed by atoms with E-state index < -0.39 is 40.5 Å². The number of amides is 2. The number of methoxy groups -OCH3 is 1. The number of nitro groups is 1. The van der Waals surface area contributed by atoms with Gasteiger partial charge in [-0.3, -0.25) is 29.1 Å². The monoisotopic (exact) mass is 416 g/mol. The van der Waals surface area contributed by atoms with Crippen molar-refractivity contribution < 1.29 is 24.0 Å². The Morgan fingerprint density at radius 3 is 2.43 bits per heavy atom. The zero-order chi connectivity index (χ0) is 22.4. The molecule has 158 valence electrons. The SMILES string of the molecule is COC(=O)c1cc([N+](=O)[O-])c(=O)n(CC(=O)N(C)CC(=O)Nc2ccc(C)cc2)c1. The zero-order valence-electron chi connectivity index (χ0n) is 16.6. The van der Waals surface area contributed by atoms with Gasteiger partial charge in [-0.2, -0.15) is 0 Å². The Kier molecular flexibility index (Phi) is 7.02. The molecule has 1 heterocycles. The van der Waals surface area contributed by atoms with Gasteiger partial charge in [0.25, 0.3) is 0 Å². The second-order valence-corrected chi connectivity index (χ2v) is 6.46. The fourth-order valence-corrected chi connectivity index (χ4v) is 2.51. The van der Waals surface area contributed by atoms with Crippen LogP contribution in [0.2, 0.25) is 0 Å². The molecule has 2 rings (SSSR count). The van der Waals surface area contributed by atoms with Gasteiger partial charge in [0.15, 0.2) is 0 Å². The van der Waals surface area contributed by atoms with Crippen LogP contribution in [0.1, 0.15) is 15.9 Å². The van der Waals surface area contributed by atoms with Crippen LogP contribution in [0.3, 0.4) is 0 Å². The van der Waals surface area contributed by atoms with Gasteiger partial charge in [0.2, 0.25) is 11.8 Å². The minimum Gasteiger partial charge on any atom is -0.465 e. The Morgan fingerprint density at radius 1 is 1.23 bits per heavy atom. The standard InChI is InChI=1S/C19H20N4O7/c1-12-4-6-14(7-5-12)20-16(24)10-21(2)17(25)11-22-9-13(19(27)30-3)8-15(18(22)26)23(28)29/h4-9H,10-11H2,1-3H3,(H,20,24). The van der Waals surface area contributed by atoms with Gasteiger partial charge in [0.1, 0.15) is 6.54 Å². The highest BCUT2D eigenvalue weighted by molar-refractivity contribution is 5.94. The van der Waals surface area contributed by atoms with E-state index in [9.17, 15) is 29.3 Å². The average molecular weight is 416 g/mol. The smallest absolute Gasteiger partial charge is 0.339 e. The summed E-state index contributed by atoms with van der Waals surface area (Å²) in [5, 5.41) is 13.7. The van der Waals surface area contributed by atoms with E-state index in [0.717, 1.165) is 34.4 Å². The van der Waals surface area contributed by atoms with Gasteiger partial charge >= 0.3 is 17.2 Å². The number of hydrogen-bond donors (Lipinski definition) is 1. The second kappa shape index (κ2) is 9.45. The molecular weight excluding hydrogens is 396 g/mol. The largest absolute Gasteiger partial charge is 0.465 e. The van der Waals surface area contributed by atoms with Crippen LogP contribution in [0.15, 0.2) is 41.3 Å². The molecule has 1 aromatic heterocycles. The molecule has 1 N–H and O–H groups in total. The molecule has 0 fully saturated rings. The Morgan fingerprint density at radius 2 is 1.87 bits per heavy atom. The highest BCUT2D eigenvalue weighted by Crippen LogP contribution is 2.10. The Bertz CT molecular complexity index is 1040. The van der Waals surface area contributed by atoms with Crippen LogP contribution >= 0.6 is 0 Å². The molecular formula is C19H20N4O7. The van der Waals surface area contributed by atoms with E-state index in [1.54, 1.807) is 12.1 Å². The molecule has 0 unspecified atom stereocenters. The van der Waals surface area contributed by atoms with E-state index in [1.165, 1.54) is 7.05 Å². The maximum absolute atomic E-state index is 12.4. The van der Waals surface area contributed by atoms with Crippen molar-refractivity contribution in [1.29, 1.82) is 0 Å². The van der Waals surface area contributed by atoms with Gasteiger partial charge in [0.05, 0.1) is 24.1 Å². The summed E-state index contributed by atoms with van der Waals surface area (Å²) in [6, 6.07) is 7.85. The molecule has 0 saturated heterocycles. The third-order valence-corrected chi connectivity index (χ3v) is 4.13. The molecule has 0 aliphatic carbocycles. The van der Waals surface area contributed by atoms with E-state index in [1.807, 2.05) is 19.1 Å². The van der Waals surface area contributed by atoms with Crippen LogP contribution in [-0.2, 0) is 20.9 Å². The van der Waals surface area contributed by atoms with Crippen molar-refractivity contribution in [3.8, 4) is 0 Å². The summed E-state index contributed by atoms with van der Waals surface area (Å²) < 4.78 is 5.25. The van der Waals surface area contributed by atoms with Gasteiger partial charge in [-0.05, 0) is 19.1 Å². The van der Waals surface area contributed by atoms with E-state index in [0.29, 0.717) is 5.69 Å². The van der Waals surface area contributed by atoms with Gasteiger partial charge in [0, 0.05) is 25.0 Å². The van der Waals surface area contributed by atoms with Gasteiger partial charge < -0.3 is 15.0 Å². The number of nitrogens with one attached hydrogen (secondary N) is 1. The molecule has 2 aromatic rings. The fourth-order valence-electron chi connectivity index (χ4n) is 2.51. The molecule has 2 amide bonds. The van der Waals surface area contributed by atoms with Gasteiger partial charge in [-0.1, -0.05) is 17.7 Å². The normalized spacial score (nSPS) is 10.2. The number of aryl methyl sites for hydroxylation is 1. The van der Waals surface area contributed by atoms with E-state index in [2.05, 4.69) is 10.1 Å². The summed E-state index contributed by atoms with van der Waals surface area (Å²) in [4.78, 5) is 59.7. The van der Waals surface area contributed by atoms with Crippen molar-refractivity contribution in [3.63, 3.8) is 0 Å². The van der Waals surface area contributed by atoms with Crippen molar-refractivity contribution >= 4 is 29.2 Å².